The number of hydrogen-bond donors (Lipinski definition) is 2. The zero-order valence-corrected chi connectivity index (χ0v) is 10.0. The molecule has 2 N–H and O–H groups in total. The zero-order valence-electron chi connectivity index (χ0n) is 10.0. The molecule has 0 aliphatic heterocycles. The first-order valence-electron chi connectivity index (χ1n) is 5.81. The van der Waals surface area contributed by atoms with Gasteiger partial charge in [-0.05, 0) is 37.5 Å². The molecule has 3 unspecified atom stereocenters. The number of aliphatic hydroxyl groups excluding tert-OH is 1. The molecule has 1 aliphatic carbocycles. The summed E-state index contributed by atoms with van der Waals surface area (Å²) in [5.41, 5.74) is 0.514. The van der Waals surface area contributed by atoms with Crippen molar-refractivity contribution in [2.45, 2.75) is 59.0 Å². The Morgan fingerprint density at radius 1 is 1.50 bits per heavy atom. The molecule has 1 rings (SSSR count). The van der Waals surface area contributed by atoms with E-state index < -0.39 is 0 Å². The zero-order chi connectivity index (χ0) is 10.8. The third-order valence-electron chi connectivity index (χ3n) is 3.47. The summed E-state index contributed by atoms with van der Waals surface area (Å²) in [6, 6.07) is 0.842. The maximum atomic E-state index is 8.99. The molecule has 0 amide bonds. The fraction of sp³-hybridized carbons (Fsp3) is 1.00. The van der Waals surface area contributed by atoms with E-state index in [4.69, 9.17) is 5.11 Å². The molecule has 2 nitrogen and oxygen atoms in total. The largest absolute Gasteiger partial charge is 0.395 e. The molecule has 3 atom stereocenters. The van der Waals surface area contributed by atoms with Gasteiger partial charge in [-0.1, -0.05) is 20.8 Å². The molecule has 14 heavy (non-hydrogen) atoms. The van der Waals surface area contributed by atoms with Gasteiger partial charge in [-0.15, -0.1) is 0 Å². The Kier molecular flexibility index (Phi) is 3.96. The fourth-order valence-corrected chi connectivity index (χ4v) is 2.61. The first-order valence-corrected chi connectivity index (χ1v) is 5.81. The van der Waals surface area contributed by atoms with Crippen LogP contribution >= 0.6 is 0 Å². The Balaban J connectivity index is 2.42. The average molecular weight is 199 g/mol. The second-order valence-corrected chi connectivity index (χ2v) is 5.74. The summed E-state index contributed by atoms with van der Waals surface area (Å²) < 4.78 is 0. The van der Waals surface area contributed by atoms with Crippen molar-refractivity contribution in [2.24, 2.45) is 11.3 Å². The van der Waals surface area contributed by atoms with E-state index in [0.717, 1.165) is 5.92 Å². The molecule has 1 aliphatic rings. The van der Waals surface area contributed by atoms with Crippen molar-refractivity contribution < 1.29 is 5.11 Å². The molecule has 0 aromatic carbocycles. The summed E-state index contributed by atoms with van der Waals surface area (Å²) >= 11 is 0. The van der Waals surface area contributed by atoms with Crippen LogP contribution in [0.5, 0.6) is 0 Å². The van der Waals surface area contributed by atoms with Crippen LogP contribution in [0.4, 0.5) is 0 Å². The van der Waals surface area contributed by atoms with Crippen molar-refractivity contribution in [1.29, 1.82) is 0 Å². The van der Waals surface area contributed by atoms with E-state index in [1.807, 2.05) is 6.92 Å². The standard InChI is InChI=1S/C12H25NO/c1-9-7-12(3,4)6-5-11(9)13-10(2)8-14/h9-11,13-14H,5-8H2,1-4H3. The lowest BCUT2D eigenvalue weighted by Gasteiger charge is -2.40. The lowest BCUT2D eigenvalue weighted by atomic mass is 9.70. The van der Waals surface area contributed by atoms with Gasteiger partial charge < -0.3 is 10.4 Å². The van der Waals surface area contributed by atoms with E-state index in [2.05, 4.69) is 26.1 Å². The molecular weight excluding hydrogens is 174 g/mol. The van der Waals surface area contributed by atoms with Gasteiger partial charge in [-0.25, -0.2) is 0 Å². The van der Waals surface area contributed by atoms with Crippen LogP contribution in [-0.2, 0) is 0 Å². The van der Waals surface area contributed by atoms with Gasteiger partial charge in [0.15, 0.2) is 0 Å². The van der Waals surface area contributed by atoms with Crippen LogP contribution < -0.4 is 5.32 Å². The molecule has 84 valence electrons. The van der Waals surface area contributed by atoms with Crippen LogP contribution in [-0.4, -0.2) is 23.8 Å². The van der Waals surface area contributed by atoms with Gasteiger partial charge in [0.2, 0.25) is 0 Å². The summed E-state index contributed by atoms with van der Waals surface area (Å²) in [5, 5.41) is 12.5. The van der Waals surface area contributed by atoms with Gasteiger partial charge in [0, 0.05) is 12.1 Å². The molecule has 0 aromatic rings. The first kappa shape index (κ1) is 12.0. The maximum Gasteiger partial charge on any atom is 0.0582 e. The Morgan fingerprint density at radius 2 is 2.14 bits per heavy atom. The Bertz CT molecular complexity index is 179. The molecule has 2 heteroatoms. The molecule has 0 bridgehead atoms. The molecule has 1 saturated carbocycles. The lowest BCUT2D eigenvalue weighted by Crippen LogP contribution is -2.46. The SMILES string of the molecule is CC(CO)NC1CCC(C)(C)CC1C. The molecule has 0 saturated heterocycles. The molecular formula is C12H25NO. The summed E-state index contributed by atoms with van der Waals surface area (Å²) in [5.74, 6) is 0.729. The minimum atomic E-state index is 0.240. The quantitative estimate of drug-likeness (QED) is 0.730. The summed E-state index contributed by atoms with van der Waals surface area (Å²) in [6.45, 7) is 9.33. The fourth-order valence-electron chi connectivity index (χ4n) is 2.61. The van der Waals surface area contributed by atoms with Crippen molar-refractivity contribution in [3.8, 4) is 0 Å². The van der Waals surface area contributed by atoms with Crippen molar-refractivity contribution >= 4 is 0 Å². The second kappa shape index (κ2) is 4.63. The Labute approximate surface area is 88.1 Å². The Morgan fingerprint density at radius 3 is 2.64 bits per heavy atom. The van der Waals surface area contributed by atoms with Crippen LogP contribution in [0.1, 0.15) is 47.0 Å². The van der Waals surface area contributed by atoms with Crippen molar-refractivity contribution in [1.82, 2.24) is 5.32 Å². The maximum absolute atomic E-state index is 8.99. The lowest BCUT2D eigenvalue weighted by molar-refractivity contribution is 0.132. The van der Waals surface area contributed by atoms with Crippen LogP contribution in [0.2, 0.25) is 0 Å². The Hall–Kier alpha value is -0.0800. The molecule has 0 aromatic heterocycles. The summed E-state index contributed by atoms with van der Waals surface area (Å²) in [7, 11) is 0. The minimum absolute atomic E-state index is 0.240. The van der Waals surface area contributed by atoms with Crippen molar-refractivity contribution in [3.05, 3.63) is 0 Å². The van der Waals surface area contributed by atoms with Gasteiger partial charge in [0.25, 0.3) is 0 Å². The van der Waals surface area contributed by atoms with Gasteiger partial charge in [-0.2, -0.15) is 0 Å². The third kappa shape index (κ3) is 3.25. The van der Waals surface area contributed by atoms with E-state index in [1.54, 1.807) is 0 Å². The van der Waals surface area contributed by atoms with Crippen LogP contribution in [0.15, 0.2) is 0 Å². The number of rotatable bonds is 3. The van der Waals surface area contributed by atoms with E-state index in [9.17, 15) is 0 Å². The van der Waals surface area contributed by atoms with E-state index in [-0.39, 0.29) is 12.6 Å². The molecule has 0 radical (unpaired) electrons. The highest BCUT2D eigenvalue weighted by Crippen LogP contribution is 2.38. The highest BCUT2D eigenvalue weighted by molar-refractivity contribution is 4.87. The normalized spacial score (nSPS) is 34.1. The highest BCUT2D eigenvalue weighted by Gasteiger charge is 2.32. The van der Waals surface area contributed by atoms with E-state index in [0.29, 0.717) is 11.5 Å². The predicted molar refractivity (Wildman–Crippen MR) is 60.3 cm³/mol. The first-order chi connectivity index (χ1) is 6.44. The van der Waals surface area contributed by atoms with E-state index >= 15 is 0 Å². The minimum Gasteiger partial charge on any atom is -0.395 e. The van der Waals surface area contributed by atoms with Gasteiger partial charge in [0.05, 0.1) is 6.61 Å². The molecule has 1 fully saturated rings. The topological polar surface area (TPSA) is 32.3 Å². The second-order valence-electron chi connectivity index (χ2n) is 5.74. The average Bonchev–Trinajstić information content (AvgIpc) is 2.09. The predicted octanol–water partition coefficient (Wildman–Crippen LogP) is 2.17. The van der Waals surface area contributed by atoms with Crippen LogP contribution in [0.3, 0.4) is 0 Å². The monoisotopic (exact) mass is 199 g/mol. The van der Waals surface area contributed by atoms with Crippen molar-refractivity contribution in [3.63, 3.8) is 0 Å². The van der Waals surface area contributed by atoms with Crippen molar-refractivity contribution in [2.75, 3.05) is 6.61 Å². The van der Waals surface area contributed by atoms with Crippen LogP contribution in [0.25, 0.3) is 0 Å². The summed E-state index contributed by atoms with van der Waals surface area (Å²) in [4.78, 5) is 0. The van der Waals surface area contributed by atoms with E-state index in [1.165, 1.54) is 19.3 Å². The number of aliphatic hydroxyl groups is 1. The van der Waals surface area contributed by atoms with Gasteiger partial charge in [-0.3, -0.25) is 0 Å². The van der Waals surface area contributed by atoms with Gasteiger partial charge >= 0.3 is 0 Å². The molecule has 0 heterocycles. The third-order valence-corrected chi connectivity index (χ3v) is 3.47. The molecule has 0 spiro atoms. The smallest absolute Gasteiger partial charge is 0.0582 e. The summed E-state index contributed by atoms with van der Waals surface area (Å²) in [6.07, 6.45) is 3.84. The van der Waals surface area contributed by atoms with Crippen LogP contribution in [0, 0.1) is 11.3 Å². The number of nitrogens with one attached hydrogen (secondary N) is 1. The highest BCUT2D eigenvalue weighted by atomic mass is 16.3. The van der Waals surface area contributed by atoms with Gasteiger partial charge in [0.1, 0.15) is 0 Å². The number of hydrogen-bond acceptors (Lipinski definition) is 2.